The molecule has 0 aliphatic carbocycles. The van der Waals surface area contributed by atoms with E-state index in [0.717, 1.165) is 19.5 Å². The lowest BCUT2D eigenvalue weighted by atomic mass is 9.72. The molecule has 2 atom stereocenters. The van der Waals surface area contributed by atoms with E-state index in [1.807, 2.05) is 0 Å². The summed E-state index contributed by atoms with van der Waals surface area (Å²) in [5.41, 5.74) is -0.221. The average molecular weight is 221 g/mol. The molecule has 1 fully saturated rings. The molecule has 2 heterocycles. The third-order valence-electron chi connectivity index (χ3n) is 3.48. The van der Waals surface area contributed by atoms with Crippen LogP contribution in [0.2, 0.25) is 0 Å². The smallest absolute Gasteiger partial charge is 0.314 e. The molecule has 5 heteroatoms. The molecule has 1 aliphatic rings. The standard InChI is InChI=1S/C11H15N3O2/c1-11(10(15)16,8-2-3-12-4-8)9-5-13-7-14-6-9/h5-8,12H,2-4H2,1H3,(H,15,16). The number of nitrogens with one attached hydrogen (secondary N) is 1. The molecule has 0 aromatic carbocycles. The molecule has 0 saturated carbocycles. The first kappa shape index (κ1) is 11.0. The first-order chi connectivity index (χ1) is 7.65. The number of rotatable bonds is 3. The van der Waals surface area contributed by atoms with E-state index >= 15 is 0 Å². The zero-order valence-corrected chi connectivity index (χ0v) is 9.18. The molecule has 5 nitrogen and oxygen atoms in total. The lowest BCUT2D eigenvalue weighted by Crippen LogP contribution is -2.41. The van der Waals surface area contributed by atoms with Gasteiger partial charge in [0, 0.05) is 18.0 Å². The number of carboxylic acids is 1. The fraction of sp³-hybridized carbons (Fsp3) is 0.545. The summed E-state index contributed by atoms with van der Waals surface area (Å²) < 4.78 is 0. The normalized spacial score (nSPS) is 23.9. The first-order valence-electron chi connectivity index (χ1n) is 5.35. The summed E-state index contributed by atoms with van der Waals surface area (Å²) in [6.07, 6.45) is 5.48. The molecular formula is C11H15N3O2. The van der Waals surface area contributed by atoms with E-state index in [9.17, 15) is 9.90 Å². The minimum atomic E-state index is -0.898. The molecule has 2 unspecified atom stereocenters. The first-order valence-corrected chi connectivity index (χ1v) is 5.35. The second-order valence-corrected chi connectivity index (χ2v) is 4.32. The minimum absolute atomic E-state index is 0.0935. The van der Waals surface area contributed by atoms with Crippen LogP contribution < -0.4 is 5.32 Å². The van der Waals surface area contributed by atoms with Gasteiger partial charge in [0.05, 0.1) is 5.41 Å². The van der Waals surface area contributed by atoms with Crippen LogP contribution in [0.4, 0.5) is 0 Å². The molecule has 0 bridgehead atoms. The van der Waals surface area contributed by atoms with E-state index in [2.05, 4.69) is 15.3 Å². The largest absolute Gasteiger partial charge is 0.481 e. The Bertz CT molecular complexity index is 376. The Labute approximate surface area is 93.9 Å². The highest BCUT2D eigenvalue weighted by Crippen LogP contribution is 2.35. The second-order valence-electron chi connectivity index (χ2n) is 4.32. The molecule has 1 saturated heterocycles. The van der Waals surface area contributed by atoms with Crippen LogP contribution in [0.1, 0.15) is 18.9 Å². The fourth-order valence-corrected chi connectivity index (χ4v) is 2.25. The Hall–Kier alpha value is -1.49. The van der Waals surface area contributed by atoms with Crippen LogP contribution in [0.5, 0.6) is 0 Å². The van der Waals surface area contributed by atoms with Crippen LogP contribution in [-0.4, -0.2) is 34.1 Å². The van der Waals surface area contributed by atoms with Crippen molar-refractivity contribution in [3.63, 3.8) is 0 Å². The average Bonchev–Trinajstić information content (AvgIpc) is 2.82. The van der Waals surface area contributed by atoms with E-state index < -0.39 is 11.4 Å². The number of carbonyl (C=O) groups is 1. The molecule has 1 aliphatic heterocycles. The molecule has 2 rings (SSSR count). The predicted molar refractivity (Wildman–Crippen MR) is 58.0 cm³/mol. The van der Waals surface area contributed by atoms with Gasteiger partial charge in [-0.15, -0.1) is 0 Å². The third kappa shape index (κ3) is 1.67. The van der Waals surface area contributed by atoms with Crippen LogP contribution in [0.15, 0.2) is 18.7 Å². The molecular weight excluding hydrogens is 206 g/mol. The number of nitrogens with zero attached hydrogens (tertiary/aromatic N) is 2. The van der Waals surface area contributed by atoms with Gasteiger partial charge < -0.3 is 10.4 Å². The van der Waals surface area contributed by atoms with Crippen LogP contribution in [0.25, 0.3) is 0 Å². The Morgan fingerprint density at radius 2 is 2.25 bits per heavy atom. The molecule has 86 valence electrons. The van der Waals surface area contributed by atoms with Gasteiger partial charge in [0.15, 0.2) is 0 Å². The van der Waals surface area contributed by atoms with Crippen molar-refractivity contribution in [3.05, 3.63) is 24.3 Å². The SMILES string of the molecule is CC(C(=O)O)(c1cncnc1)C1CCNC1. The summed E-state index contributed by atoms with van der Waals surface area (Å²) in [6, 6.07) is 0. The molecule has 2 N–H and O–H groups in total. The van der Waals surface area contributed by atoms with E-state index in [4.69, 9.17) is 0 Å². The van der Waals surface area contributed by atoms with Gasteiger partial charge in [-0.25, -0.2) is 9.97 Å². The quantitative estimate of drug-likeness (QED) is 0.774. The Balaban J connectivity index is 2.39. The number of hydrogen-bond acceptors (Lipinski definition) is 4. The lowest BCUT2D eigenvalue weighted by Gasteiger charge is -2.30. The van der Waals surface area contributed by atoms with E-state index in [1.165, 1.54) is 6.33 Å². The van der Waals surface area contributed by atoms with Crippen molar-refractivity contribution >= 4 is 5.97 Å². The molecule has 0 amide bonds. The second kappa shape index (κ2) is 4.17. The summed E-state index contributed by atoms with van der Waals surface area (Å²) >= 11 is 0. The Kier molecular flexibility index (Phi) is 2.87. The summed E-state index contributed by atoms with van der Waals surface area (Å²) in [5.74, 6) is -0.716. The van der Waals surface area contributed by atoms with Crippen LogP contribution in [-0.2, 0) is 10.2 Å². The summed E-state index contributed by atoms with van der Waals surface area (Å²) in [6.45, 7) is 3.37. The van der Waals surface area contributed by atoms with Crippen molar-refractivity contribution in [1.29, 1.82) is 0 Å². The van der Waals surface area contributed by atoms with Gasteiger partial charge >= 0.3 is 5.97 Å². The highest BCUT2D eigenvalue weighted by Gasteiger charge is 2.44. The Morgan fingerprint density at radius 3 is 2.75 bits per heavy atom. The van der Waals surface area contributed by atoms with Crippen LogP contribution in [0, 0.1) is 5.92 Å². The monoisotopic (exact) mass is 221 g/mol. The van der Waals surface area contributed by atoms with Gasteiger partial charge in [-0.05, 0) is 32.4 Å². The molecule has 1 aromatic rings. The van der Waals surface area contributed by atoms with Crippen LogP contribution >= 0.6 is 0 Å². The maximum atomic E-state index is 11.5. The molecule has 16 heavy (non-hydrogen) atoms. The third-order valence-corrected chi connectivity index (χ3v) is 3.48. The highest BCUT2D eigenvalue weighted by atomic mass is 16.4. The molecule has 0 spiro atoms. The zero-order chi connectivity index (χ0) is 11.6. The molecule has 1 aromatic heterocycles. The van der Waals surface area contributed by atoms with Gasteiger partial charge in [-0.2, -0.15) is 0 Å². The maximum absolute atomic E-state index is 11.5. The van der Waals surface area contributed by atoms with Gasteiger partial charge in [0.25, 0.3) is 0 Å². The minimum Gasteiger partial charge on any atom is -0.481 e. The highest BCUT2D eigenvalue weighted by molar-refractivity contribution is 5.81. The molecule has 0 radical (unpaired) electrons. The van der Waals surface area contributed by atoms with Gasteiger partial charge in [-0.3, -0.25) is 4.79 Å². The number of carboxylic acid groups (broad SMARTS) is 1. The Morgan fingerprint density at radius 1 is 1.56 bits per heavy atom. The lowest BCUT2D eigenvalue weighted by molar-refractivity contribution is -0.145. The number of aromatic nitrogens is 2. The number of hydrogen-bond donors (Lipinski definition) is 2. The van der Waals surface area contributed by atoms with Crippen molar-refractivity contribution in [2.24, 2.45) is 5.92 Å². The topological polar surface area (TPSA) is 75.1 Å². The van der Waals surface area contributed by atoms with Crippen LogP contribution in [0.3, 0.4) is 0 Å². The van der Waals surface area contributed by atoms with Crippen molar-refractivity contribution in [2.45, 2.75) is 18.8 Å². The summed E-state index contributed by atoms with van der Waals surface area (Å²) in [5, 5.41) is 12.7. The van der Waals surface area contributed by atoms with Gasteiger partial charge in [0.2, 0.25) is 0 Å². The summed E-state index contributed by atoms with van der Waals surface area (Å²) in [4.78, 5) is 19.3. The van der Waals surface area contributed by atoms with E-state index in [-0.39, 0.29) is 5.92 Å². The summed E-state index contributed by atoms with van der Waals surface area (Å²) in [7, 11) is 0. The number of aliphatic carboxylic acids is 1. The van der Waals surface area contributed by atoms with Crippen molar-refractivity contribution in [1.82, 2.24) is 15.3 Å². The van der Waals surface area contributed by atoms with Gasteiger partial charge in [0.1, 0.15) is 6.33 Å². The zero-order valence-electron chi connectivity index (χ0n) is 9.18. The van der Waals surface area contributed by atoms with Crippen molar-refractivity contribution < 1.29 is 9.90 Å². The van der Waals surface area contributed by atoms with Crippen molar-refractivity contribution in [3.8, 4) is 0 Å². The van der Waals surface area contributed by atoms with E-state index in [1.54, 1.807) is 19.3 Å². The van der Waals surface area contributed by atoms with Crippen molar-refractivity contribution in [2.75, 3.05) is 13.1 Å². The maximum Gasteiger partial charge on any atom is 0.314 e. The fourth-order valence-electron chi connectivity index (χ4n) is 2.25. The van der Waals surface area contributed by atoms with Gasteiger partial charge in [-0.1, -0.05) is 0 Å². The van der Waals surface area contributed by atoms with E-state index in [0.29, 0.717) is 5.56 Å². The predicted octanol–water partition coefficient (Wildman–Crippen LogP) is 0.428.